The molecule has 0 saturated heterocycles. The minimum Gasteiger partial charge on any atom is -0.352 e. The summed E-state index contributed by atoms with van der Waals surface area (Å²) in [6, 6.07) is 5.34. The fourth-order valence-electron chi connectivity index (χ4n) is 3.18. The Bertz CT molecular complexity index is 1000. The Kier molecular flexibility index (Phi) is 4.16. The molecular weight excluding hydrogens is 361 g/mol. The van der Waals surface area contributed by atoms with Crippen LogP contribution in [-0.2, 0) is 17.5 Å². The van der Waals surface area contributed by atoms with Crippen LogP contribution < -0.4 is 5.32 Å². The van der Waals surface area contributed by atoms with E-state index in [1.54, 1.807) is 18.2 Å². The molecule has 1 amide bonds. The minimum absolute atomic E-state index is 0.0475. The molecule has 1 aliphatic rings. The van der Waals surface area contributed by atoms with Gasteiger partial charge in [-0.05, 0) is 49.9 Å². The minimum atomic E-state index is -4.68. The van der Waals surface area contributed by atoms with Crippen LogP contribution in [0.2, 0.25) is 0 Å². The summed E-state index contributed by atoms with van der Waals surface area (Å²) in [4.78, 5) is 15.6. The number of aromatic nitrogens is 3. The second-order valence-corrected chi connectivity index (χ2v) is 6.79. The van der Waals surface area contributed by atoms with E-state index in [0.29, 0.717) is 5.56 Å². The van der Waals surface area contributed by atoms with Crippen LogP contribution in [0.5, 0.6) is 0 Å². The summed E-state index contributed by atoms with van der Waals surface area (Å²) in [5, 5.41) is 7.23. The number of rotatable bonds is 4. The number of nitrogens with zero attached hydrogens (tertiary/aromatic N) is 3. The highest BCUT2D eigenvalue weighted by atomic mass is 19.4. The molecule has 0 atom stereocenters. The Morgan fingerprint density at radius 2 is 2.15 bits per heavy atom. The van der Waals surface area contributed by atoms with Gasteiger partial charge >= 0.3 is 12.1 Å². The van der Waals surface area contributed by atoms with Crippen molar-refractivity contribution in [1.82, 2.24) is 20.0 Å². The van der Waals surface area contributed by atoms with E-state index in [1.165, 1.54) is 0 Å². The smallest absolute Gasteiger partial charge is 0.352 e. The number of hydrogen-bond acceptors (Lipinski definition) is 4. The lowest BCUT2D eigenvalue weighted by Gasteiger charge is -2.26. The Morgan fingerprint density at radius 3 is 2.78 bits per heavy atom. The van der Waals surface area contributed by atoms with Gasteiger partial charge in [0.25, 0.3) is 0 Å². The highest BCUT2D eigenvalue weighted by Crippen LogP contribution is 2.31. The molecule has 2 heterocycles. The third-order valence-electron chi connectivity index (χ3n) is 4.79. The molecule has 2 aromatic heterocycles. The molecule has 4 rings (SSSR count). The van der Waals surface area contributed by atoms with Gasteiger partial charge in [-0.25, -0.2) is 0 Å². The van der Waals surface area contributed by atoms with Gasteiger partial charge in [-0.3, -0.25) is 4.79 Å². The molecule has 1 saturated carbocycles. The van der Waals surface area contributed by atoms with Crippen LogP contribution in [0.1, 0.15) is 30.7 Å². The summed E-state index contributed by atoms with van der Waals surface area (Å²) in [5.41, 5.74) is 2.14. The first-order valence-corrected chi connectivity index (χ1v) is 8.61. The Morgan fingerprint density at radius 1 is 1.37 bits per heavy atom. The predicted octanol–water partition coefficient (Wildman–Crippen LogP) is 3.69. The second kappa shape index (κ2) is 6.40. The van der Waals surface area contributed by atoms with Crippen molar-refractivity contribution < 1.29 is 22.5 Å². The first-order valence-electron chi connectivity index (χ1n) is 8.61. The summed E-state index contributed by atoms with van der Waals surface area (Å²) >= 11 is 0. The molecule has 6 nitrogen and oxygen atoms in total. The van der Waals surface area contributed by atoms with Crippen molar-refractivity contribution in [3.05, 3.63) is 35.9 Å². The van der Waals surface area contributed by atoms with E-state index in [1.807, 2.05) is 17.7 Å². The summed E-state index contributed by atoms with van der Waals surface area (Å²) in [5.74, 6) is -1.55. The van der Waals surface area contributed by atoms with Crippen molar-refractivity contribution in [3.63, 3.8) is 0 Å². The molecule has 1 aliphatic carbocycles. The molecule has 1 aromatic carbocycles. The largest absolute Gasteiger partial charge is 0.471 e. The number of carbonyl (C=O) groups excluding carboxylic acids is 1. The zero-order valence-electron chi connectivity index (χ0n) is 14.5. The van der Waals surface area contributed by atoms with Gasteiger partial charge in [0, 0.05) is 28.7 Å². The lowest BCUT2D eigenvalue weighted by molar-refractivity contribution is -0.159. The average Bonchev–Trinajstić information content (AvgIpc) is 3.17. The molecule has 0 unspecified atom stereocenters. The molecule has 1 fully saturated rings. The van der Waals surface area contributed by atoms with Gasteiger partial charge in [0.15, 0.2) is 0 Å². The summed E-state index contributed by atoms with van der Waals surface area (Å²) in [6.07, 6.45) is 0.357. The summed E-state index contributed by atoms with van der Waals surface area (Å²) < 4.78 is 44.1. The number of carbonyl (C=O) groups is 1. The van der Waals surface area contributed by atoms with Crippen LogP contribution in [0.3, 0.4) is 0 Å². The topological polar surface area (TPSA) is 73.0 Å². The van der Waals surface area contributed by atoms with Gasteiger partial charge in [-0.1, -0.05) is 5.16 Å². The molecule has 0 aliphatic heterocycles. The van der Waals surface area contributed by atoms with Gasteiger partial charge in [-0.2, -0.15) is 18.2 Å². The predicted molar refractivity (Wildman–Crippen MR) is 90.8 cm³/mol. The van der Waals surface area contributed by atoms with Crippen LogP contribution in [0.25, 0.3) is 22.3 Å². The van der Waals surface area contributed by atoms with Crippen molar-refractivity contribution >= 4 is 16.8 Å². The van der Waals surface area contributed by atoms with Crippen LogP contribution >= 0.6 is 0 Å². The number of fused-ring (bicyclic) bond motifs is 1. The fraction of sp³-hybridized carbons (Fsp3) is 0.389. The second-order valence-electron chi connectivity index (χ2n) is 6.79. The summed E-state index contributed by atoms with van der Waals surface area (Å²) in [7, 11) is 0. The van der Waals surface area contributed by atoms with Crippen molar-refractivity contribution in [2.24, 2.45) is 0 Å². The molecular formula is C18H17F3N4O2. The maximum absolute atomic E-state index is 12.6. The Balaban J connectivity index is 1.60. The SMILES string of the molecule is Cc1cn(CC(=O)NC2CCC2)c2ccc(-c3noc(C(F)(F)F)n3)cc12. The first kappa shape index (κ1) is 17.6. The van der Waals surface area contributed by atoms with E-state index in [4.69, 9.17) is 0 Å². The fourth-order valence-corrected chi connectivity index (χ4v) is 3.18. The van der Waals surface area contributed by atoms with E-state index in [0.717, 1.165) is 35.7 Å². The van der Waals surface area contributed by atoms with Gasteiger partial charge < -0.3 is 14.4 Å². The lowest BCUT2D eigenvalue weighted by atomic mass is 9.93. The number of hydrogen-bond donors (Lipinski definition) is 1. The molecule has 9 heteroatoms. The van der Waals surface area contributed by atoms with E-state index in [9.17, 15) is 18.0 Å². The van der Waals surface area contributed by atoms with Gasteiger partial charge in [0.2, 0.25) is 11.7 Å². The number of benzene rings is 1. The molecule has 142 valence electrons. The molecule has 1 N–H and O–H groups in total. The van der Waals surface area contributed by atoms with Crippen molar-refractivity contribution in [2.45, 2.75) is 44.9 Å². The van der Waals surface area contributed by atoms with Crippen LogP contribution in [0, 0.1) is 6.92 Å². The molecule has 0 bridgehead atoms. The quantitative estimate of drug-likeness (QED) is 0.752. The van der Waals surface area contributed by atoms with Crippen LogP contribution in [-0.4, -0.2) is 26.7 Å². The average molecular weight is 378 g/mol. The third-order valence-corrected chi connectivity index (χ3v) is 4.79. The number of halogens is 3. The number of amides is 1. The highest BCUT2D eigenvalue weighted by Gasteiger charge is 2.38. The van der Waals surface area contributed by atoms with E-state index in [-0.39, 0.29) is 24.3 Å². The summed E-state index contributed by atoms with van der Waals surface area (Å²) in [6.45, 7) is 2.07. The maximum Gasteiger partial charge on any atom is 0.471 e. The van der Waals surface area contributed by atoms with Crippen LogP contribution in [0.4, 0.5) is 13.2 Å². The molecule has 3 aromatic rings. The van der Waals surface area contributed by atoms with E-state index < -0.39 is 12.1 Å². The van der Waals surface area contributed by atoms with Crippen molar-refractivity contribution in [1.29, 1.82) is 0 Å². The monoisotopic (exact) mass is 378 g/mol. The maximum atomic E-state index is 12.6. The lowest BCUT2D eigenvalue weighted by Crippen LogP contribution is -2.41. The number of aryl methyl sites for hydroxylation is 1. The zero-order valence-corrected chi connectivity index (χ0v) is 14.5. The van der Waals surface area contributed by atoms with E-state index in [2.05, 4.69) is 20.0 Å². The Labute approximate surface area is 152 Å². The van der Waals surface area contributed by atoms with E-state index >= 15 is 0 Å². The first-order chi connectivity index (χ1) is 12.8. The molecule has 27 heavy (non-hydrogen) atoms. The normalized spacial score (nSPS) is 15.1. The molecule has 0 spiro atoms. The number of alkyl halides is 3. The van der Waals surface area contributed by atoms with Gasteiger partial charge in [0.05, 0.1) is 0 Å². The van der Waals surface area contributed by atoms with Gasteiger partial charge in [-0.15, -0.1) is 0 Å². The molecule has 0 radical (unpaired) electrons. The zero-order chi connectivity index (χ0) is 19.2. The van der Waals surface area contributed by atoms with Crippen molar-refractivity contribution in [3.8, 4) is 11.4 Å². The third kappa shape index (κ3) is 3.41. The number of nitrogens with one attached hydrogen (secondary N) is 1. The highest BCUT2D eigenvalue weighted by molar-refractivity contribution is 5.89. The Hall–Kier alpha value is -2.84. The van der Waals surface area contributed by atoms with Gasteiger partial charge in [0.1, 0.15) is 6.54 Å². The standard InChI is InChI=1S/C18H17F3N4O2/c1-10-8-25(9-15(26)22-12-3-2-4-12)14-6-5-11(7-13(10)14)16-23-17(27-24-16)18(19,20)21/h5-8,12H,2-4,9H2,1H3,(H,22,26). The van der Waals surface area contributed by atoms with Crippen molar-refractivity contribution in [2.75, 3.05) is 0 Å². The van der Waals surface area contributed by atoms with Crippen LogP contribution in [0.15, 0.2) is 28.9 Å².